The number of aliphatic carboxylic acids is 4. The van der Waals surface area contributed by atoms with Crippen LogP contribution < -0.4 is 10.5 Å². The maximum atomic E-state index is 13.2. The average molecular weight is 1010 g/mol. The molecule has 0 atom stereocenters. The van der Waals surface area contributed by atoms with Crippen molar-refractivity contribution in [3.63, 3.8) is 0 Å². The first-order chi connectivity index (χ1) is 31.0. The zero-order valence-corrected chi connectivity index (χ0v) is 33.4. The number of nitrogens with one attached hydrogen (secondary N) is 1. The number of carbonyl (C=O) groups is 4. The van der Waals surface area contributed by atoms with E-state index in [4.69, 9.17) is 50.1 Å². The number of ether oxygens (including phenoxy) is 1. The molecule has 5 heterocycles. The van der Waals surface area contributed by atoms with Crippen LogP contribution in [0.2, 0.25) is 0 Å². The summed E-state index contributed by atoms with van der Waals surface area (Å²) in [6.07, 6.45) is -14.9. The molecule has 1 saturated heterocycles. The molecule has 19 nitrogen and oxygen atoms in total. The lowest BCUT2D eigenvalue weighted by molar-refractivity contribution is -0.193. The van der Waals surface area contributed by atoms with Gasteiger partial charge in [0.1, 0.15) is 23.6 Å². The minimum absolute atomic E-state index is 0.0828. The summed E-state index contributed by atoms with van der Waals surface area (Å²) in [5.74, 6) is -12.4. The van der Waals surface area contributed by atoms with Gasteiger partial charge in [-0.25, -0.2) is 34.1 Å². The Bertz CT molecular complexity index is 2280. The summed E-state index contributed by atoms with van der Waals surface area (Å²) < 4.78 is 174. The van der Waals surface area contributed by atoms with Crippen LogP contribution in [0.1, 0.15) is 43.6 Å². The van der Waals surface area contributed by atoms with E-state index in [0.717, 1.165) is 35.1 Å². The maximum Gasteiger partial charge on any atom is 0.490 e. The summed E-state index contributed by atoms with van der Waals surface area (Å²) in [4.78, 5) is 56.7. The molecule has 2 fully saturated rings. The lowest BCUT2D eigenvalue weighted by Crippen LogP contribution is -2.65. The highest BCUT2D eigenvalue weighted by atomic mass is 19.4. The number of likely N-dealkylation sites (tertiary alicyclic amines) is 1. The number of rotatable bonds is 7. The van der Waals surface area contributed by atoms with Gasteiger partial charge in [-0.3, -0.25) is 9.58 Å². The highest BCUT2D eigenvalue weighted by Gasteiger charge is 2.48. The molecular weight excluding hydrogens is 977 g/mol. The number of hydrogen-bond acceptors (Lipinski definition) is 13. The summed E-state index contributed by atoms with van der Waals surface area (Å²) in [6, 6.07) is 5.91. The molecule has 0 amide bonds. The van der Waals surface area contributed by atoms with Crippen molar-refractivity contribution in [1.29, 1.82) is 5.26 Å². The number of hydrogen-bond donors (Lipinski definition) is 6. The van der Waals surface area contributed by atoms with E-state index in [0.29, 0.717) is 38.4 Å². The number of nitrogens with zero attached hydrogens (tertiary/aromatic N) is 8. The van der Waals surface area contributed by atoms with E-state index in [9.17, 15) is 71.1 Å². The van der Waals surface area contributed by atoms with Gasteiger partial charge in [-0.2, -0.15) is 81.2 Å². The summed E-state index contributed by atoms with van der Waals surface area (Å²) in [5, 5.41) is 43.6. The van der Waals surface area contributed by atoms with Gasteiger partial charge < -0.3 is 35.9 Å². The van der Waals surface area contributed by atoms with Crippen LogP contribution in [-0.2, 0) is 37.4 Å². The summed E-state index contributed by atoms with van der Waals surface area (Å²) >= 11 is 0. The Morgan fingerprint density at radius 1 is 0.794 bits per heavy atom. The molecule has 1 aliphatic carbocycles. The lowest BCUT2D eigenvalue weighted by atomic mass is 9.82. The number of carboxylic acid groups (broad SMARTS) is 4. The minimum atomic E-state index is -5.08. The van der Waals surface area contributed by atoms with E-state index >= 15 is 0 Å². The van der Waals surface area contributed by atoms with Crippen molar-refractivity contribution < 1.29 is 110 Å². The molecule has 0 aromatic carbocycles. The van der Waals surface area contributed by atoms with Gasteiger partial charge in [-0.1, -0.05) is 0 Å². The number of carboxylic acids is 4. The quantitative estimate of drug-likeness (QED) is 0.117. The summed E-state index contributed by atoms with van der Waals surface area (Å²) in [6.45, 7) is 1.23. The van der Waals surface area contributed by atoms with Gasteiger partial charge in [0.15, 0.2) is 0 Å². The first-order valence-corrected chi connectivity index (χ1v) is 18.0. The van der Waals surface area contributed by atoms with E-state index < -0.39 is 66.1 Å². The fourth-order valence-electron chi connectivity index (χ4n) is 5.72. The third-order valence-electron chi connectivity index (χ3n) is 8.73. The van der Waals surface area contributed by atoms with Crippen LogP contribution in [0.4, 0.5) is 65.9 Å². The largest absolute Gasteiger partial charge is 0.490 e. The Hall–Kier alpha value is -7.05. The van der Waals surface area contributed by atoms with E-state index in [1.165, 1.54) is 12.4 Å². The molecule has 7 N–H and O–H groups in total. The number of fused-ring (bicyclic) bond motifs is 1. The Morgan fingerprint density at radius 3 is 1.71 bits per heavy atom. The van der Waals surface area contributed by atoms with Crippen molar-refractivity contribution in [1.82, 2.24) is 39.6 Å². The van der Waals surface area contributed by atoms with E-state index in [1.807, 2.05) is 23.1 Å². The number of aromatic nitrogens is 7. The first-order valence-electron chi connectivity index (χ1n) is 18.0. The molecule has 0 radical (unpaired) electrons. The summed E-state index contributed by atoms with van der Waals surface area (Å²) in [5.41, 5.74) is 7.56. The minimum Gasteiger partial charge on any atom is -0.475 e. The first kappa shape index (κ1) is 57.1. The van der Waals surface area contributed by atoms with Crippen LogP contribution in [0.25, 0.3) is 22.3 Å². The second-order valence-corrected chi connectivity index (χ2v) is 13.6. The fraction of sp³-hybridized carbons (Fsp3) is 0.471. The number of nitrogens with two attached hydrogens (primary N) is 1. The molecule has 1 aliphatic heterocycles. The van der Waals surface area contributed by atoms with Crippen molar-refractivity contribution in [3.05, 3.63) is 48.6 Å². The van der Waals surface area contributed by atoms with E-state index in [-0.39, 0.29) is 24.2 Å². The third kappa shape index (κ3) is 17.0. The molecule has 6 rings (SSSR count). The van der Waals surface area contributed by atoms with Crippen LogP contribution in [0.15, 0.2) is 37.1 Å². The van der Waals surface area contributed by atoms with Crippen LogP contribution in [0.5, 0.6) is 5.88 Å². The van der Waals surface area contributed by atoms with E-state index in [1.54, 1.807) is 6.20 Å². The van der Waals surface area contributed by atoms with Crippen molar-refractivity contribution in [2.24, 2.45) is 5.73 Å². The molecule has 2 aliphatic rings. The van der Waals surface area contributed by atoms with Crippen molar-refractivity contribution in [3.8, 4) is 23.2 Å². The summed E-state index contributed by atoms with van der Waals surface area (Å²) in [7, 11) is 0. The van der Waals surface area contributed by atoms with Crippen LogP contribution in [-0.4, -0.2) is 134 Å². The number of aromatic amines is 1. The van der Waals surface area contributed by atoms with Gasteiger partial charge >= 0.3 is 54.8 Å². The smallest absolute Gasteiger partial charge is 0.475 e. The van der Waals surface area contributed by atoms with Gasteiger partial charge in [0.2, 0.25) is 11.7 Å². The molecule has 0 unspecified atom stereocenters. The molecule has 1 saturated carbocycles. The van der Waals surface area contributed by atoms with Crippen molar-refractivity contribution >= 4 is 34.9 Å². The normalized spacial score (nSPS) is 17.1. The van der Waals surface area contributed by atoms with Gasteiger partial charge in [-0.15, -0.1) is 0 Å². The van der Waals surface area contributed by atoms with Crippen molar-refractivity contribution in [2.45, 2.75) is 87.2 Å². The molecule has 4 aromatic rings. The molecular formula is C34H31F15N10O9. The van der Waals surface area contributed by atoms with Crippen molar-refractivity contribution in [2.75, 3.05) is 13.1 Å². The monoisotopic (exact) mass is 1010 g/mol. The Labute approximate surface area is 368 Å². The SMILES string of the molecule is N#CCC1(n2cc(-c3ncnc4[nH]ccc34)cn2)CN(C2CCC(Oc3cc(CN)nc(C(F)(F)F)n3)CC2)C1.O=C(O)C(F)(F)F.O=C(O)C(F)(F)F.O=C(O)C(F)(F)F.O=C(O)C(F)(F)F. The van der Waals surface area contributed by atoms with Crippen LogP contribution >= 0.6 is 0 Å². The van der Waals surface area contributed by atoms with Gasteiger partial charge in [0.25, 0.3) is 0 Å². The Kier molecular flexibility index (Phi) is 19.0. The number of halogens is 15. The molecule has 68 heavy (non-hydrogen) atoms. The van der Waals surface area contributed by atoms with Gasteiger partial charge in [0, 0.05) is 55.1 Å². The standard InChI is InChI=1S/C26H27F3N10O.4C2HF3O2/c27-26(28,29)24-36-17(10-31)9-21(37-24)40-19-3-1-18(2-4-19)38-13-25(14-38,6-7-30)39-12-16(11-35-39)22-20-5-8-32-23(20)34-15-33-22;4*3-2(4,5)1(6)7/h5,8-9,11-12,15,18-19H,1-4,6,10,13-14,31H2,(H,32,33,34);4*(H,6,7). The molecule has 4 aromatic heterocycles. The van der Waals surface area contributed by atoms with Crippen LogP contribution in [0.3, 0.4) is 0 Å². The number of alkyl halides is 15. The highest BCUT2D eigenvalue weighted by molar-refractivity contribution is 5.90. The highest BCUT2D eigenvalue weighted by Crippen LogP contribution is 2.39. The average Bonchev–Trinajstić information content (AvgIpc) is 3.90. The zero-order chi connectivity index (χ0) is 52.2. The number of H-pyrrole nitrogens is 1. The molecule has 376 valence electrons. The predicted molar refractivity (Wildman–Crippen MR) is 191 cm³/mol. The van der Waals surface area contributed by atoms with Gasteiger partial charge in [-0.05, 0) is 31.7 Å². The lowest BCUT2D eigenvalue weighted by Gasteiger charge is -2.53. The Morgan fingerprint density at radius 2 is 1.28 bits per heavy atom. The van der Waals surface area contributed by atoms with Crippen LogP contribution in [0, 0.1) is 11.3 Å². The Balaban J connectivity index is 0.000000460. The topological polar surface area (TPSA) is 297 Å². The fourth-order valence-corrected chi connectivity index (χ4v) is 5.72. The van der Waals surface area contributed by atoms with E-state index in [2.05, 4.69) is 41.0 Å². The molecule has 0 spiro atoms. The molecule has 0 bridgehead atoms. The second-order valence-electron chi connectivity index (χ2n) is 13.6. The number of nitriles is 1. The molecule has 34 heteroatoms. The predicted octanol–water partition coefficient (Wildman–Crippen LogP) is 5.94. The maximum absolute atomic E-state index is 13.2. The third-order valence-corrected chi connectivity index (χ3v) is 8.73. The second kappa shape index (κ2) is 22.6. The zero-order valence-electron chi connectivity index (χ0n) is 33.4. The van der Waals surface area contributed by atoms with Gasteiger partial charge in [0.05, 0.1) is 30.1 Å².